The molecule has 4 nitrogen and oxygen atoms in total. The van der Waals surface area contributed by atoms with Crippen molar-refractivity contribution < 1.29 is 4.52 Å². The van der Waals surface area contributed by atoms with E-state index in [1.165, 1.54) is 0 Å². The van der Waals surface area contributed by atoms with Crippen LogP contribution in [0.4, 0.5) is 0 Å². The van der Waals surface area contributed by atoms with Crippen LogP contribution in [0.5, 0.6) is 0 Å². The van der Waals surface area contributed by atoms with Gasteiger partial charge in [0.1, 0.15) is 0 Å². The minimum absolute atomic E-state index is 0.297. The molecule has 1 N–H and O–H groups in total. The Balaban J connectivity index is 2.28. The van der Waals surface area contributed by atoms with E-state index in [4.69, 9.17) is 4.52 Å². The monoisotopic (exact) mass is 231 g/mol. The van der Waals surface area contributed by atoms with Crippen molar-refractivity contribution in [1.82, 2.24) is 15.5 Å². The average Bonchev–Trinajstić information content (AvgIpc) is 2.80. The fraction of sp³-hybridized carbons (Fsp3) is 0.385. The lowest BCUT2D eigenvalue weighted by molar-refractivity contribution is 0.272. The summed E-state index contributed by atoms with van der Waals surface area (Å²) in [6, 6.07) is 9.82. The van der Waals surface area contributed by atoms with E-state index >= 15 is 0 Å². The molecule has 0 fully saturated rings. The zero-order chi connectivity index (χ0) is 12.3. The molecular weight excluding hydrogens is 214 g/mol. The Bertz CT molecular complexity index is 476. The predicted molar refractivity (Wildman–Crippen MR) is 66.4 cm³/mol. The van der Waals surface area contributed by atoms with E-state index in [1.807, 2.05) is 44.2 Å². The molecule has 0 aliphatic rings. The first-order chi connectivity index (χ1) is 8.13. The molecule has 0 unspecified atom stereocenters. The maximum atomic E-state index is 5.31. The Morgan fingerprint density at radius 1 is 1.24 bits per heavy atom. The van der Waals surface area contributed by atoms with Crippen LogP contribution in [-0.2, 0) is 5.54 Å². The van der Waals surface area contributed by atoms with Gasteiger partial charge in [0.2, 0.25) is 11.7 Å². The highest BCUT2D eigenvalue weighted by atomic mass is 16.5. The molecule has 2 rings (SSSR count). The van der Waals surface area contributed by atoms with Crippen LogP contribution in [0, 0.1) is 0 Å². The average molecular weight is 231 g/mol. The molecule has 0 saturated heterocycles. The highest BCUT2D eigenvalue weighted by molar-refractivity contribution is 5.53. The van der Waals surface area contributed by atoms with Gasteiger partial charge in [0.25, 0.3) is 0 Å². The number of rotatable bonds is 4. The molecule has 17 heavy (non-hydrogen) atoms. The van der Waals surface area contributed by atoms with Gasteiger partial charge in [0.15, 0.2) is 0 Å². The third-order valence-corrected chi connectivity index (χ3v) is 2.61. The predicted octanol–water partition coefficient (Wildman–Crippen LogP) is 2.58. The number of nitrogens with one attached hydrogen (secondary N) is 1. The van der Waals surface area contributed by atoms with Crippen LogP contribution in [-0.4, -0.2) is 16.7 Å². The number of benzene rings is 1. The first-order valence-corrected chi connectivity index (χ1v) is 5.78. The minimum Gasteiger partial charge on any atom is -0.337 e. The Labute approximate surface area is 101 Å². The molecule has 0 radical (unpaired) electrons. The van der Waals surface area contributed by atoms with Gasteiger partial charge in [-0.1, -0.05) is 42.4 Å². The molecule has 0 aliphatic heterocycles. The van der Waals surface area contributed by atoms with Gasteiger partial charge in [-0.3, -0.25) is 0 Å². The minimum atomic E-state index is -0.297. The van der Waals surface area contributed by atoms with Gasteiger partial charge in [-0.15, -0.1) is 0 Å². The van der Waals surface area contributed by atoms with E-state index in [9.17, 15) is 0 Å². The van der Waals surface area contributed by atoms with Crippen molar-refractivity contribution in [3.8, 4) is 11.4 Å². The molecule has 0 saturated carbocycles. The summed E-state index contributed by atoms with van der Waals surface area (Å²) in [5.74, 6) is 1.24. The maximum Gasteiger partial charge on any atom is 0.246 e. The maximum absolute atomic E-state index is 5.31. The zero-order valence-corrected chi connectivity index (χ0v) is 10.4. The summed E-state index contributed by atoms with van der Waals surface area (Å²) in [4.78, 5) is 4.43. The van der Waals surface area contributed by atoms with Gasteiger partial charge >= 0.3 is 0 Å². The molecule has 2 aromatic rings. The van der Waals surface area contributed by atoms with Gasteiger partial charge in [-0.25, -0.2) is 0 Å². The Kier molecular flexibility index (Phi) is 3.24. The highest BCUT2D eigenvalue weighted by Gasteiger charge is 2.26. The summed E-state index contributed by atoms with van der Waals surface area (Å²) < 4.78 is 5.31. The summed E-state index contributed by atoms with van der Waals surface area (Å²) in [7, 11) is 0. The van der Waals surface area contributed by atoms with Gasteiger partial charge in [0.05, 0.1) is 5.54 Å². The van der Waals surface area contributed by atoms with Crippen molar-refractivity contribution in [2.75, 3.05) is 6.54 Å². The molecule has 1 heterocycles. The normalized spacial score (nSPS) is 11.7. The first kappa shape index (κ1) is 11.8. The summed E-state index contributed by atoms with van der Waals surface area (Å²) >= 11 is 0. The number of nitrogens with zero attached hydrogens (tertiary/aromatic N) is 2. The molecule has 1 aromatic heterocycles. The topological polar surface area (TPSA) is 51.0 Å². The molecule has 0 aliphatic carbocycles. The van der Waals surface area contributed by atoms with Gasteiger partial charge in [-0.05, 0) is 20.4 Å². The molecule has 0 amide bonds. The van der Waals surface area contributed by atoms with Crippen LogP contribution in [0.1, 0.15) is 26.7 Å². The number of hydrogen-bond donors (Lipinski definition) is 1. The van der Waals surface area contributed by atoms with Crippen molar-refractivity contribution in [3.05, 3.63) is 36.2 Å². The fourth-order valence-electron chi connectivity index (χ4n) is 1.70. The summed E-state index contributed by atoms with van der Waals surface area (Å²) in [5.41, 5.74) is 0.671. The highest BCUT2D eigenvalue weighted by Crippen LogP contribution is 2.21. The fourth-order valence-corrected chi connectivity index (χ4v) is 1.70. The van der Waals surface area contributed by atoms with E-state index in [0.29, 0.717) is 11.7 Å². The van der Waals surface area contributed by atoms with E-state index in [-0.39, 0.29) is 5.54 Å². The second-order valence-corrected chi connectivity index (χ2v) is 4.44. The van der Waals surface area contributed by atoms with E-state index in [0.717, 1.165) is 12.1 Å². The third-order valence-electron chi connectivity index (χ3n) is 2.61. The van der Waals surface area contributed by atoms with Crippen LogP contribution in [0.25, 0.3) is 11.4 Å². The molecule has 1 aromatic carbocycles. The van der Waals surface area contributed by atoms with Crippen LogP contribution >= 0.6 is 0 Å². The third kappa shape index (κ3) is 2.53. The summed E-state index contributed by atoms with van der Waals surface area (Å²) in [6.07, 6.45) is 0. The van der Waals surface area contributed by atoms with Gasteiger partial charge in [0, 0.05) is 5.56 Å². The summed E-state index contributed by atoms with van der Waals surface area (Å²) in [5, 5.41) is 7.32. The lowest BCUT2D eigenvalue weighted by Crippen LogP contribution is -2.36. The van der Waals surface area contributed by atoms with Crippen molar-refractivity contribution in [1.29, 1.82) is 0 Å². The van der Waals surface area contributed by atoms with E-state index in [2.05, 4.69) is 22.4 Å². The largest absolute Gasteiger partial charge is 0.337 e. The van der Waals surface area contributed by atoms with Crippen LogP contribution in [0.15, 0.2) is 34.9 Å². The van der Waals surface area contributed by atoms with Gasteiger partial charge < -0.3 is 9.84 Å². The van der Waals surface area contributed by atoms with Crippen LogP contribution in [0.3, 0.4) is 0 Å². The quantitative estimate of drug-likeness (QED) is 0.878. The lowest BCUT2D eigenvalue weighted by Gasteiger charge is -2.20. The number of aromatic nitrogens is 2. The van der Waals surface area contributed by atoms with Crippen LogP contribution in [0.2, 0.25) is 0 Å². The van der Waals surface area contributed by atoms with Crippen LogP contribution < -0.4 is 5.32 Å². The lowest BCUT2D eigenvalue weighted by atomic mass is 10.1. The molecular formula is C13H17N3O. The standard InChI is InChI=1S/C13H17N3O/c1-4-14-13(2,3)12-15-11(16-17-12)10-8-6-5-7-9-10/h5-9,14H,4H2,1-3H3. The summed E-state index contributed by atoms with van der Waals surface area (Å²) in [6.45, 7) is 6.96. The molecule has 0 spiro atoms. The number of hydrogen-bond acceptors (Lipinski definition) is 4. The van der Waals surface area contributed by atoms with Crippen molar-refractivity contribution in [3.63, 3.8) is 0 Å². The molecule has 0 bridgehead atoms. The SMILES string of the molecule is CCNC(C)(C)c1nc(-c2ccccc2)no1. The Hall–Kier alpha value is -1.68. The smallest absolute Gasteiger partial charge is 0.246 e. The van der Waals surface area contributed by atoms with Gasteiger partial charge in [-0.2, -0.15) is 4.98 Å². The second kappa shape index (κ2) is 4.67. The Morgan fingerprint density at radius 2 is 1.94 bits per heavy atom. The van der Waals surface area contributed by atoms with E-state index in [1.54, 1.807) is 0 Å². The van der Waals surface area contributed by atoms with Crippen molar-refractivity contribution >= 4 is 0 Å². The molecule has 0 atom stereocenters. The first-order valence-electron chi connectivity index (χ1n) is 5.78. The van der Waals surface area contributed by atoms with Crippen molar-refractivity contribution in [2.45, 2.75) is 26.3 Å². The van der Waals surface area contributed by atoms with E-state index < -0.39 is 0 Å². The second-order valence-electron chi connectivity index (χ2n) is 4.44. The Morgan fingerprint density at radius 3 is 2.59 bits per heavy atom. The molecule has 4 heteroatoms. The van der Waals surface area contributed by atoms with Crippen molar-refractivity contribution in [2.24, 2.45) is 0 Å². The zero-order valence-electron chi connectivity index (χ0n) is 10.4. The molecule has 90 valence electrons.